The van der Waals surface area contributed by atoms with E-state index in [1.54, 1.807) is 12.0 Å². The minimum atomic E-state index is -0.596. The third kappa shape index (κ3) is 3.91. The summed E-state index contributed by atoms with van der Waals surface area (Å²) in [6.45, 7) is 2.55. The second-order valence-electron chi connectivity index (χ2n) is 6.38. The van der Waals surface area contributed by atoms with Crippen LogP contribution in [-0.4, -0.2) is 54.9 Å². The van der Waals surface area contributed by atoms with E-state index in [0.29, 0.717) is 32.0 Å². The molecule has 5 heteroatoms. The van der Waals surface area contributed by atoms with Gasteiger partial charge in [-0.1, -0.05) is 30.3 Å². The van der Waals surface area contributed by atoms with Gasteiger partial charge in [0.2, 0.25) is 5.91 Å². The fraction of sp³-hybridized carbons (Fsp3) is 0.556. The van der Waals surface area contributed by atoms with Crippen molar-refractivity contribution in [1.82, 2.24) is 9.80 Å². The van der Waals surface area contributed by atoms with Crippen LogP contribution in [0.5, 0.6) is 0 Å². The summed E-state index contributed by atoms with van der Waals surface area (Å²) in [5, 5.41) is 0. The molecular formula is C18H24N2O3. The van der Waals surface area contributed by atoms with Crippen molar-refractivity contribution in [2.45, 2.75) is 25.4 Å². The molecule has 0 bridgehead atoms. The number of hydrogen-bond acceptors (Lipinski definition) is 3. The van der Waals surface area contributed by atoms with E-state index in [2.05, 4.69) is 0 Å². The molecule has 124 valence electrons. The molecule has 0 radical (unpaired) electrons. The highest BCUT2D eigenvalue weighted by Gasteiger charge is 2.32. The number of rotatable bonds is 5. The van der Waals surface area contributed by atoms with Crippen molar-refractivity contribution in [2.24, 2.45) is 5.92 Å². The number of amides is 2. The first-order chi connectivity index (χ1) is 11.2. The lowest BCUT2D eigenvalue weighted by molar-refractivity contribution is -0.142. The van der Waals surface area contributed by atoms with Crippen LogP contribution in [0.15, 0.2) is 30.3 Å². The number of carbonyl (C=O) groups excluding carboxylic acids is 2. The monoisotopic (exact) mass is 316 g/mol. The maximum atomic E-state index is 12.8. The van der Waals surface area contributed by atoms with Crippen LogP contribution in [0.2, 0.25) is 0 Å². The van der Waals surface area contributed by atoms with Crippen molar-refractivity contribution < 1.29 is 14.3 Å². The van der Waals surface area contributed by atoms with Crippen LogP contribution < -0.4 is 0 Å². The van der Waals surface area contributed by atoms with Gasteiger partial charge >= 0.3 is 0 Å². The van der Waals surface area contributed by atoms with Crippen molar-refractivity contribution in [3.8, 4) is 0 Å². The van der Waals surface area contributed by atoms with Gasteiger partial charge in [-0.25, -0.2) is 0 Å². The Morgan fingerprint density at radius 2 is 1.96 bits per heavy atom. The predicted octanol–water partition coefficient (Wildman–Crippen LogP) is 1.84. The highest BCUT2D eigenvalue weighted by molar-refractivity contribution is 5.84. The van der Waals surface area contributed by atoms with E-state index in [-0.39, 0.29) is 11.8 Å². The molecule has 1 aliphatic heterocycles. The number of ether oxygens (including phenoxy) is 1. The van der Waals surface area contributed by atoms with E-state index in [0.717, 1.165) is 12.1 Å². The summed E-state index contributed by atoms with van der Waals surface area (Å²) in [4.78, 5) is 28.7. The van der Waals surface area contributed by atoms with E-state index >= 15 is 0 Å². The minimum Gasteiger partial charge on any atom is -0.367 e. The smallest absolute Gasteiger partial charge is 0.256 e. The summed E-state index contributed by atoms with van der Waals surface area (Å²) >= 11 is 0. The van der Waals surface area contributed by atoms with Gasteiger partial charge in [0.25, 0.3) is 5.91 Å². The van der Waals surface area contributed by atoms with Gasteiger partial charge in [-0.2, -0.15) is 0 Å². The highest BCUT2D eigenvalue weighted by Crippen LogP contribution is 2.30. The molecule has 1 heterocycles. The zero-order valence-corrected chi connectivity index (χ0v) is 13.6. The van der Waals surface area contributed by atoms with Crippen LogP contribution in [-0.2, 0) is 14.3 Å². The first kappa shape index (κ1) is 16.0. The SMILES string of the molecule is COC(C(=O)N1CCC(=O)N(CC2CC2)CC1)c1ccccc1. The molecule has 0 N–H and O–H groups in total. The fourth-order valence-electron chi connectivity index (χ4n) is 3.07. The molecule has 2 fully saturated rings. The van der Waals surface area contributed by atoms with Crippen molar-refractivity contribution in [1.29, 1.82) is 0 Å². The molecule has 5 nitrogen and oxygen atoms in total. The van der Waals surface area contributed by atoms with E-state index in [1.807, 2.05) is 35.2 Å². The minimum absolute atomic E-state index is 0.0558. The standard InChI is InChI=1S/C18H24N2O3/c1-23-17(15-5-3-2-4-6-15)18(22)19-10-9-16(21)20(12-11-19)13-14-7-8-14/h2-6,14,17H,7-13H2,1H3. The van der Waals surface area contributed by atoms with Gasteiger partial charge in [0.15, 0.2) is 6.10 Å². The Morgan fingerprint density at radius 1 is 1.22 bits per heavy atom. The van der Waals surface area contributed by atoms with Crippen LogP contribution in [0, 0.1) is 5.92 Å². The molecule has 1 aromatic carbocycles. The molecule has 3 rings (SSSR count). The van der Waals surface area contributed by atoms with Crippen LogP contribution in [0.1, 0.15) is 30.9 Å². The van der Waals surface area contributed by atoms with E-state index in [9.17, 15) is 9.59 Å². The van der Waals surface area contributed by atoms with Gasteiger partial charge in [0, 0.05) is 39.7 Å². The fourth-order valence-corrected chi connectivity index (χ4v) is 3.07. The number of methoxy groups -OCH3 is 1. The molecule has 0 spiro atoms. The molecule has 1 unspecified atom stereocenters. The number of hydrogen-bond donors (Lipinski definition) is 0. The number of carbonyl (C=O) groups is 2. The topological polar surface area (TPSA) is 49.9 Å². The van der Waals surface area contributed by atoms with Crippen molar-refractivity contribution in [3.63, 3.8) is 0 Å². The Kier molecular flexibility index (Phi) is 4.96. The lowest BCUT2D eigenvalue weighted by atomic mass is 10.1. The van der Waals surface area contributed by atoms with E-state index < -0.39 is 6.10 Å². The molecule has 0 aromatic heterocycles. The van der Waals surface area contributed by atoms with Crippen LogP contribution >= 0.6 is 0 Å². The summed E-state index contributed by atoms with van der Waals surface area (Å²) in [6.07, 6.45) is 2.27. The Hall–Kier alpha value is -1.88. The van der Waals surface area contributed by atoms with Crippen LogP contribution in [0.4, 0.5) is 0 Å². The first-order valence-corrected chi connectivity index (χ1v) is 8.33. The molecule has 1 saturated carbocycles. The van der Waals surface area contributed by atoms with E-state index in [1.165, 1.54) is 12.8 Å². The molecule has 1 atom stereocenters. The van der Waals surface area contributed by atoms with Gasteiger partial charge in [-0.3, -0.25) is 9.59 Å². The van der Waals surface area contributed by atoms with Crippen LogP contribution in [0.3, 0.4) is 0 Å². The Morgan fingerprint density at radius 3 is 2.61 bits per heavy atom. The Balaban J connectivity index is 1.65. The lowest BCUT2D eigenvalue weighted by Gasteiger charge is -2.26. The average molecular weight is 316 g/mol. The summed E-state index contributed by atoms with van der Waals surface area (Å²) in [7, 11) is 1.55. The zero-order valence-electron chi connectivity index (χ0n) is 13.6. The van der Waals surface area contributed by atoms with Crippen molar-refractivity contribution in [3.05, 3.63) is 35.9 Å². The third-order valence-corrected chi connectivity index (χ3v) is 4.64. The van der Waals surface area contributed by atoms with E-state index in [4.69, 9.17) is 4.74 Å². The predicted molar refractivity (Wildman–Crippen MR) is 86.7 cm³/mol. The molecule has 1 aliphatic carbocycles. The molecule has 2 aliphatic rings. The largest absolute Gasteiger partial charge is 0.367 e. The zero-order chi connectivity index (χ0) is 16.2. The van der Waals surface area contributed by atoms with Crippen molar-refractivity contribution >= 4 is 11.8 Å². The second-order valence-corrected chi connectivity index (χ2v) is 6.38. The van der Waals surface area contributed by atoms with Gasteiger partial charge in [-0.05, 0) is 24.3 Å². The molecule has 1 aromatic rings. The average Bonchev–Trinajstić information content (AvgIpc) is 3.40. The molecule has 2 amide bonds. The second kappa shape index (κ2) is 7.13. The quantitative estimate of drug-likeness (QED) is 0.833. The van der Waals surface area contributed by atoms with Gasteiger partial charge in [-0.15, -0.1) is 0 Å². The third-order valence-electron chi connectivity index (χ3n) is 4.64. The summed E-state index contributed by atoms with van der Waals surface area (Å²) in [5.41, 5.74) is 0.852. The van der Waals surface area contributed by atoms with Gasteiger partial charge < -0.3 is 14.5 Å². The summed E-state index contributed by atoms with van der Waals surface area (Å²) in [5.74, 6) is 0.790. The maximum Gasteiger partial charge on any atom is 0.256 e. The maximum absolute atomic E-state index is 12.8. The molecule has 1 saturated heterocycles. The normalized spacial score (nSPS) is 20.3. The Bertz CT molecular complexity index is 557. The van der Waals surface area contributed by atoms with Crippen molar-refractivity contribution in [2.75, 3.05) is 33.3 Å². The summed E-state index contributed by atoms with van der Waals surface area (Å²) in [6, 6.07) is 9.51. The highest BCUT2D eigenvalue weighted by atomic mass is 16.5. The van der Waals surface area contributed by atoms with Gasteiger partial charge in [0.05, 0.1) is 0 Å². The molecule has 23 heavy (non-hydrogen) atoms. The Labute approximate surface area is 137 Å². The van der Waals surface area contributed by atoms with Gasteiger partial charge in [0.1, 0.15) is 0 Å². The first-order valence-electron chi connectivity index (χ1n) is 8.33. The molecular weight excluding hydrogens is 292 g/mol. The lowest BCUT2D eigenvalue weighted by Crippen LogP contribution is -2.39. The summed E-state index contributed by atoms with van der Waals surface area (Å²) < 4.78 is 5.43. The number of benzene rings is 1. The van der Waals surface area contributed by atoms with Crippen LogP contribution in [0.25, 0.3) is 0 Å². The number of nitrogens with zero attached hydrogens (tertiary/aromatic N) is 2.